The molecule has 0 unspecified atom stereocenters. The van der Waals surface area contributed by atoms with Gasteiger partial charge in [-0.25, -0.2) is 0 Å². The van der Waals surface area contributed by atoms with E-state index < -0.39 is 0 Å². The highest BCUT2D eigenvalue weighted by Crippen LogP contribution is 2.22. The Balaban J connectivity index is 1.88. The van der Waals surface area contributed by atoms with Gasteiger partial charge in [-0.3, -0.25) is 4.79 Å². The molecule has 1 fully saturated rings. The van der Waals surface area contributed by atoms with Crippen molar-refractivity contribution in [2.24, 2.45) is 0 Å². The number of rotatable bonds is 4. The summed E-state index contributed by atoms with van der Waals surface area (Å²) in [5.74, 6) is 0.0442. The second kappa shape index (κ2) is 4.46. The molecule has 0 atom stereocenters. The van der Waals surface area contributed by atoms with Crippen molar-refractivity contribution >= 4 is 16.8 Å². The molecule has 0 radical (unpaired) electrons. The summed E-state index contributed by atoms with van der Waals surface area (Å²) in [5.41, 5.74) is 1.86. The van der Waals surface area contributed by atoms with Crippen LogP contribution in [0.4, 0.5) is 0 Å². The Labute approximate surface area is 105 Å². The number of carbonyl (C=O) groups is 1. The molecule has 0 bridgehead atoms. The summed E-state index contributed by atoms with van der Waals surface area (Å²) >= 11 is 0. The predicted molar refractivity (Wildman–Crippen MR) is 69.0 cm³/mol. The molecular weight excluding hydrogens is 228 g/mol. The maximum absolute atomic E-state index is 11.8. The predicted octanol–water partition coefficient (Wildman–Crippen LogP) is 1.41. The van der Waals surface area contributed by atoms with Crippen LogP contribution in [0, 0.1) is 0 Å². The number of aliphatic hydroxyl groups is 1. The number of nitrogens with one attached hydrogen (secondary N) is 1. The van der Waals surface area contributed by atoms with Crippen LogP contribution in [0.15, 0.2) is 30.5 Å². The van der Waals surface area contributed by atoms with Crippen molar-refractivity contribution in [1.82, 2.24) is 9.88 Å². The van der Waals surface area contributed by atoms with Gasteiger partial charge in [-0.1, -0.05) is 18.2 Å². The van der Waals surface area contributed by atoms with Crippen molar-refractivity contribution in [3.63, 3.8) is 0 Å². The van der Waals surface area contributed by atoms with E-state index in [9.17, 15) is 9.90 Å². The number of carbonyl (C=O) groups excluding carboxylic acids is 1. The van der Waals surface area contributed by atoms with Crippen molar-refractivity contribution in [2.45, 2.75) is 32.0 Å². The van der Waals surface area contributed by atoms with E-state index in [1.54, 1.807) is 0 Å². The van der Waals surface area contributed by atoms with Crippen molar-refractivity contribution in [3.05, 3.63) is 36.0 Å². The van der Waals surface area contributed by atoms with E-state index in [2.05, 4.69) is 5.32 Å². The maximum Gasteiger partial charge on any atom is 0.240 e. The van der Waals surface area contributed by atoms with E-state index >= 15 is 0 Å². The summed E-state index contributed by atoms with van der Waals surface area (Å²) in [6.45, 7) is 0.314. The van der Waals surface area contributed by atoms with Gasteiger partial charge in [-0.15, -0.1) is 0 Å². The number of hydrogen-bond acceptors (Lipinski definition) is 2. The first-order valence-corrected chi connectivity index (χ1v) is 6.25. The fourth-order valence-electron chi connectivity index (χ4n) is 2.24. The summed E-state index contributed by atoms with van der Waals surface area (Å²) < 4.78 is 1.90. The van der Waals surface area contributed by atoms with Gasteiger partial charge in [0.05, 0.1) is 6.61 Å². The second-order valence-electron chi connectivity index (χ2n) is 4.80. The first-order valence-electron chi connectivity index (χ1n) is 6.25. The lowest BCUT2D eigenvalue weighted by atomic mass is 10.2. The molecule has 1 aliphatic carbocycles. The van der Waals surface area contributed by atoms with Gasteiger partial charge in [0.2, 0.25) is 5.91 Å². The zero-order chi connectivity index (χ0) is 12.5. The molecular formula is C14H16N2O2. The summed E-state index contributed by atoms with van der Waals surface area (Å²) in [7, 11) is 0. The Kier molecular flexibility index (Phi) is 2.80. The van der Waals surface area contributed by atoms with Crippen LogP contribution in [0.1, 0.15) is 18.4 Å². The largest absolute Gasteiger partial charge is 0.392 e. The first kappa shape index (κ1) is 11.3. The molecule has 2 N–H and O–H groups in total. The van der Waals surface area contributed by atoms with E-state index in [0.29, 0.717) is 12.6 Å². The minimum Gasteiger partial charge on any atom is -0.392 e. The molecule has 4 nitrogen and oxygen atoms in total. The summed E-state index contributed by atoms with van der Waals surface area (Å²) in [4.78, 5) is 11.8. The second-order valence-corrected chi connectivity index (χ2v) is 4.80. The van der Waals surface area contributed by atoms with Crippen LogP contribution in [-0.2, 0) is 17.9 Å². The lowest BCUT2D eigenvalue weighted by Gasteiger charge is -2.05. The van der Waals surface area contributed by atoms with Crippen LogP contribution >= 0.6 is 0 Å². The van der Waals surface area contributed by atoms with Crippen LogP contribution in [0.2, 0.25) is 0 Å². The Morgan fingerprint density at radius 3 is 2.89 bits per heavy atom. The molecule has 1 heterocycles. The normalized spacial score (nSPS) is 14.9. The average molecular weight is 244 g/mol. The number of para-hydroxylation sites is 1. The number of aliphatic hydroxyl groups excluding tert-OH is 1. The highest BCUT2D eigenvalue weighted by atomic mass is 16.3. The molecule has 3 rings (SSSR count). The number of fused-ring (bicyclic) bond motifs is 1. The maximum atomic E-state index is 11.8. The van der Waals surface area contributed by atoms with Crippen molar-refractivity contribution in [2.75, 3.05) is 0 Å². The third-order valence-corrected chi connectivity index (χ3v) is 3.30. The lowest BCUT2D eigenvalue weighted by Crippen LogP contribution is -2.29. The van der Waals surface area contributed by atoms with E-state index in [-0.39, 0.29) is 12.5 Å². The monoisotopic (exact) mass is 244 g/mol. The van der Waals surface area contributed by atoms with Crippen molar-refractivity contribution in [1.29, 1.82) is 0 Å². The molecule has 1 aromatic heterocycles. The topological polar surface area (TPSA) is 54.3 Å². The summed E-state index contributed by atoms with van der Waals surface area (Å²) in [6.07, 6.45) is 4.05. The molecule has 1 saturated carbocycles. The highest BCUT2D eigenvalue weighted by molar-refractivity contribution is 5.86. The number of hydrogen-bond donors (Lipinski definition) is 2. The van der Waals surface area contributed by atoms with Crippen LogP contribution in [0.5, 0.6) is 0 Å². The zero-order valence-electron chi connectivity index (χ0n) is 10.1. The summed E-state index contributed by atoms with van der Waals surface area (Å²) in [5, 5.41) is 13.3. The fourth-order valence-corrected chi connectivity index (χ4v) is 2.24. The molecule has 18 heavy (non-hydrogen) atoms. The standard InChI is InChI=1S/C14H16N2O2/c17-9-10-7-16(8-14(18)15-11-5-6-11)13-4-2-1-3-12(10)13/h1-4,7,11,17H,5-6,8-9H2,(H,15,18). The van der Waals surface area contributed by atoms with Crippen molar-refractivity contribution in [3.8, 4) is 0 Å². The van der Waals surface area contributed by atoms with Gasteiger partial charge in [0.25, 0.3) is 0 Å². The molecule has 1 aliphatic rings. The van der Waals surface area contributed by atoms with E-state index in [1.165, 1.54) is 0 Å². The molecule has 0 aliphatic heterocycles. The fraction of sp³-hybridized carbons (Fsp3) is 0.357. The van der Waals surface area contributed by atoms with Gasteiger partial charge in [-0.2, -0.15) is 0 Å². The molecule has 2 aromatic rings. The van der Waals surface area contributed by atoms with Crippen LogP contribution in [0.25, 0.3) is 10.9 Å². The molecule has 94 valence electrons. The zero-order valence-corrected chi connectivity index (χ0v) is 10.1. The molecule has 4 heteroatoms. The Hall–Kier alpha value is -1.81. The van der Waals surface area contributed by atoms with Gasteiger partial charge in [0.1, 0.15) is 6.54 Å². The average Bonchev–Trinajstić information content (AvgIpc) is 3.11. The number of nitrogens with zero attached hydrogens (tertiary/aromatic N) is 1. The summed E-state index contributed by atoms with van der Waals surface area (Å²) in [6, 6.07) is 8.21. The van der Waals surface area contributed by atoms with Gasteiger partial charge in [0, 0.05) is 28.7 Å². The smallest absolute Gasteiger partial charge is 0.240 e. The van der Waals surface area contributed by atoms with Crippen LogP contribution in [-0.4, -0.2) is 21.6 Å². The van der Waals surface area contributed by atoms with Crippen LogP contribution < -0.4 is 5.32 Å². The van der Waals surface area contributed by atoms with Crippen LogP contribution in [0.3, 0.4) is 0 Å². The van der Waals surface area contributed by atoms with Gasteiger partial charge >= 0.3 is 0 Å². The third-order valence-electron chi connectivity index (χ3n) is 3.30. The lowest BCUT2D eigenvalue weighted by molar-refractivity contribution is -0.121. The third kappa shape index (κ3) is 2.11. The quantitative estimate of drug-likeness (QED) is 0.854. The van der Waals surface area contributed by atoms with Gasteiger partial charge in [0.15, 0.2) is 0 Å². The Bertz CT molecular complexity index is 584. The number of amides is 1. The van der Waals surface area contributed by atoms with E-state index in [4.69, 9.17) is 0 Å². The van der Waals surface area contributed by atoms with E-state index in [1.807, 2.05) is 35.0 Å². The first-order chi connectivity index (χ1) is 8.78. The molecule has 0 saturated heterocycles. The minimum atomic E-state index is -0.00222. The Morgan fingerprint density at radius 1 is 1.39 bits per heavy atom. The van der Waals surface area contributed by atoms with Crippen molar-refractivity contribution < 1.29 is 9.90 Å². The molecule has 0 spiro atoms. The SMILES string of the molecule is O=C(Cn1cc(CO)c2ccccc21)NC1CC1. The minimum absolute atomic E-state index is 0.00222. The molecule has 1 aromatic carbocycles. The number of benzene rings is 1. The molecule has 1 amide bonds. The Morgan fingerprint density at radius 2 is 2.17 bits per heavy atom. The highest BCUT2D eigenvalue weighted by Gasteiger charge is 2.23. The van der Waals surface area contributed by atoms with Gasteiger partial charge < -0.3 is 15.0 Å². The van der Waals surface area contributed by atoms with Gasteiger partial charge in [-0.05, 0) is 18.9 Å². The van der Waals surface area contributed by atoms with E-state index in [0.717, 1.165) is 29.3 Å². The number of aromatic nitrogens is 1.